The van der Waals surface area contributed by atoms with Crippen molar-refractivity contribution in [3.63, 3.8) is 0 Å². The van der Waals surface area contributed by atoms with E-state index < -0.39 is 0 Å². The fourth-order valence-corrected chi connectivity index (χ4v) is 2.96. The van der Waals surface area contributed by atoms with Gasteiger partial charge in [0.05, 0.1) is 12.7 Å². The van der Waals surface area contributed by atoms with Gasteiger partial charge in [-0.1, -0.05) is 5.16 Å². The molecule has 0 bridgehead atoms. The Kier molecular flexibility index (Phi) is 3.66. The maximum Gasteiger partial charge on any atom is 0.140 e. The van der Waals surface area contributed by atoms with Crippen molar-refractivity contribution in [3.8, 4) is 0 Å². The van der Waals surface area contributed by atoms with Gasteiger partial charge in [0.15, 0.2) is 0 Å². The van der Waals surface area contributed by atoms with Crippen molar-refractivity contribution in [2.75, 3.05) is 13.2 Å². The van der Waals surface area contributed by atoms with Crippen molar-refractivity contribution in [3.05, 3.63) is 0 Å². The van der Waals surface area contributed by atoms with Crippen molar-refractivity contribution in [1.82, 2.24) is 4.90 Å². The predicted octanol–water partition coefficient (Wildman–Crippen LogP) is 0.765. The molecule has 5 nitrogen and oxygen atoms in total. The van der Waals surface area contributed by atoms with Crippen LogP contribution < -0.4 is 5.73 Å². The van der Waals surface area contributed by atoms with Crippen molar-refractivity contribution < 1.29 is 9.94 Å². The molecule has 3 unspecified atom stereocenters. The molecule has 92 valence electrons. The van der Waals surface area contributed by atoms with Crippen LogP contribution in [0.3, 0.4) is 0 Å². The lowest BCUT2D eigenvalue weighted by Crippen LogP contribution is -2.52. The highest BCUT2D eigenvalue weighted by Gasteiger charge is 2.37. The van der Waals surface area contributed by atoms with Gasteiger partial charge in [-0.05, 0) is 26.2 Å². The lowest BCUT2D eigenvalue weighted by molar-refractivity contribution is -0.0682. The molecule has 1 aliphatic carbocycles. The molecule has 2 rings (SSSR count). The summed E-state index contributed by atoms with van der Waals surface area (Å²) in [5.41, 5.74) is 5.56. The van der Waals surface area contributed by atoms with Crippen LogP contribution in [0, 0.1) is 0 Å². The largest absolute Gasteiger partial charge is 0.409 e. The third-order valence-electron chi connectivity index (χ3n) is 3.72. The van der Waals surface area contributed by atoms with Crippen molar-refractivity contribution in [1.29, 1.82) is 0 Å². The van der Waals surface area contributed by atoms with E-state index in [4.69, 9.17) is 15.7 Å². The minimum atomic E-state index is 0.313. The van der Waals surface area contributed by atoms with Gasteiger partial charge in [0, 0.05) is 25.0 Å². The Labute approximate surface area is 96.2 Å². The molecule has 0 aromatic carbocycles. The summed E-state index contributed by atoms with van der Waals surface area (Å²) in [5, 5.41) is 11.6. The summed E-state index contributed by atoms with van der Waals surface area (Å²) in [6.07, 6.45) is 4.67. The minimum absolute atomic E-state index is 0.313. The second-order valence-corrected chi connectivity index (χ2v) is 4.79. The average Bonchev–Trinajstić information content (AvgIpc) is 2.76. The zero-order valence-corrected chi connectivity index (χ0v) is 9.80. The van der Waals surface area contributed by atoms with Gasteiger partial charge < -0.3 is 15.7 Å². The number of amidine groups is 1. The number of nitrogens with zero attached hydrogens (tertiary/aromatic N) is 2. The lowest BCUT2D eigenvalue weighted by atomic mass is 10.1. The molecule has 0 amide bonds. The van der Waals surface area contributed by atoms with Gasteiger partial charge in [0.1, 0.15) is 5.84 Å². The van der Waals surface area contributed by atoms with Crippen LogP contribution in [-0.2, 0) is 4.74 Å². The van der Waals surface area contributed by atoms with Crippen LogP contribution in [0.4, 0.5) is 0 Å². The van der Waals surface area contributed by atoms with Crippen molar-refractivity contribution in [2.24, 2.45) is 10.9 Å². The normalized spacial score (nSPS) is 33.7. The Balaban J connectivity index is 1.96. The molecule has 0 aromatic rings. The summed E-state index contributed by atoms with van der Waals surface area (Å²) in [6.45, 7) is 3.90. The smallest absolute Gasteiger partial charge is 0.140 e. The third-order valence-corrected chi connectivity index (χ3v) is 3.72. The van der Waals surface area contributed by atoms with Crippen LogP contribution in [-0.4, -0.2) is 47.3 Å². The first-order chi connectivity index (χ1) is 7.72. The fraction of sp³-hybridized carbons (Fsp3) is 0.909. The van der Waals surface area contributed by atoms with Gasteiger partial charge in [0.2, 0.25) is 0 Å². The zero-order valence-electron chi connectivity index (χ0n) is 9.80. The lowest BCUT2D eigenvalue weighted by Gasteiger charge is -2.41. The number of ether oxygens (including phenoxy) is 1. The molecule has 0 spiro atoms. The Morgan fingerprint density at radius 1 is 1.62 bits per heavy atom. The molecule has 3 atom stereocenters. The standard InChI is InChI=1S/C11H21N3O2/c1-8(7-11(12)13-15)14-5-6-16-10-4-2-3-9(10)14/h8-10,15H,2-7H2,1H3,(H2,12,13). The number of oxime groups is 1. The summed E-state index contributed by atoms with van der Waals surface area (Å²) in [7, 11) is 0. The van der Waals surface area contributed by atoms with E-state index in [0.29, 0.717) is 30.4 Å². The summed E-state index contributed by atoms with van der Waals surface area (Å²) in [4.78, 5) is 2.46. The van der Waals surface area contributed by atoms with E-state index in [2.05, 4.69) is 17.0 Å². The summed E-state index contributed by atoms with van der Waals surface area (Å²) in [6, 6.07) is 0.862. The molecule has 16 heavy (non-hydrogen) atoms. The molecule has 0 aromatic heterocycles. The van der Waals surface area contributed by atoms with Gasteiger partial charge in [-0.3, -0.25) is 4.90 Å². The molecule has 1 saturated carbocycles. The number of fused-ring (bicyclic) bond motifs is 1. The summed E-state index contributed by atoms with van der Waals surface area (Å²) >= 11 is 0. The summed E-state index contributed by atoms with van der Waals surface area (Å²) < 4.78 is 5.76. The topological polar surface area (TPSA) is 71.1 Å². The van der Waals surface area contributed by atoms with Crippen LogP contribution in [0.2, 0.25) is 0 Å². The molecule has 5 heteroatoms. The monoisotopic (exact) mass is 227 g/mol. The number of hydrogen-bond donors (Lipinski definition) is 2. The Morgan fingerprint density at radius 2 is 2.44 bits per heavy atom. The molecule has 0 radical (unpaired) electrons. The fourth-order valence-electron chi connectivity index (χ4n) is 2.96. The van der Waals surface area contributed by atoms with Gasteiger partial charge in [0.25, 0.3) is 0 Å². The van der Waals surface area contributed by atoms with E-state index in [1.165, 1.54) is 19.3 Å². The first-order valence-electron chi connectivity index (χ1n) is 6.06. The first-order valence-corrected chi connectivity index (χ1v) is 6.06. The number of rotatable bonds is 3. The second-order valence-electron chi connectivity index (χ2n) is 4.79. The minimum Gasteiger partial charge on any atom is -0.409 e. The van der Waals surface area contributed by atoms with Gasteiger partial charge in [-0.15, -0.1) is 0 Å². The number of hydrogen-bond acceptors (Lipinski definition) is 4. The maximum atomic E-state index is 8.59. The molecule has 2 fully saturated rings. The highest BCUT2D eigenvalue weighted by molar-refractivity contribution is 5.80. The Bertz CT molecular complexity index is 270. The van der Waals surface area contributed by atoms with Gasteiger partial charge in [-0.2, -0.15) is 0 Å². The molecule has 1 saturated heterocycles. The Hall–Kier alpha value is -0.810. The van der Waals surface area contributed by atoms with Crippen LogP contribution in [0.1, 0.15) is 32.6 Å². The van der Waals surface area contributed by atoms with Crippen molar-refractivity contribution in [2.45, 2.75) is 50.8 Å². The van der Waals surface area contributed by atoms with E-state index >= 15 is 0 Å². The Morgan fingerprint density at radius 3 is 3.19 bits per heavy atom. The van der Waals surface area contributed by atoms with E-state index in [1.54, 1.807) is 0 Å². The highest BCUT2D eigenvalue weighted by atomic mass is 16.5. The second kappa shape index (κ2) is 5.01. The van der Waals surface area contributed by atoms with Crippen molar-refractivity contribution >= 4 is 5.84 Å². The first kappa shape index (κ1) is 11.7. The van der Waals surface area contributed by atoms with E-state index in [0.717, 1.165) is 13.2 Å². The molecular weight excluding hydrogens is 206 g/mol. The quantitative estimate of drug-likeness (QED) is 0.323. The number of nitrogens with two attached hydrogens (primary N) is 1. The van der Waals surface area contributed by atoms with E-state index in [1.807, 2.05) is 0 Å². The SMILES string of the molecule is CC(CC(N)=NO)N1CCOC2CCCC21. The molecular formula is C11H21N3O2. The number of morpholine rings is 1. The van der Waals surface area contributed by atoms with E-state index in [-0.39, 0.29) is 0 Å². The third kappa shape index (κ3) is 2.30. The highest BCUT2D eigenvalue weighted by Crippen LogP contribution is 2.31. The van der Waals surface area contributed by atoms with Crippen LogP contribution in [0.5, 0.6) is 0 Å². The summed E-state index contributed by atoms with van der Waals surface area (Å²) in [5.74, 6) is 0.313. The molecule has 2 aliphatic rings. The van der Waals surface area contributed by atoms with Crippen LogP contribution in [0.25, 0.3) is 0 Å². The maximum absolute atomic E-state index is 8.59. The van der Waals surface area contributed by atoms with Crippen LogP contribution >= 0.6 is 0 Å². The molecule has 3 N–H and O–H groups in total. The van der Waals surface area contributed by atoms with Gasteiger partial charge >= 0.3 is 0 Å². The van der Waals surface area contributed by atoms with E-state index in [9.17, 15) is 0 Å². The zero-order chi connectivity index (χ0) is 11.5. The van der Waals surface area contributed by atoms with Crippen LogP contribution in [0.15, 0.2) is 5.16 Å². The predicted molar refractivity (Wildman–Crippen MR) is 61.6 cm³/mol. The van der Waals surface area contributed by atoms with Gasteiger partial charge in [-0.25, -0.2) is 0 Å². The molecule has 1 aliphatic heterocycles. The average molecular weight is 227 g/mol. The molecule has 1 heterocycles.